The SMILES string of the molecule is CCCCC/C=C/C/C=C/C/C=C/C/C=C/CCCC(=O)OC[C@H](COP(=O)([O-])OCC[N+](C)(C)C)OC(=O)CCC/C=C/C/C=C/C/C=C/CCCCCCCC. The maximum Gasteiger partial charge on any atom is 0.306 e. The molecule has 0 aliphatic carbocycles. The van der Waals surface area contributed by atoms with E-state index in [-0.39, 0.29) is 26.1 Å². The first-order valence-electron chi connectivity index (χ1n) is 22.3. The quantitative estimate of drug-likeness (QED) is 0.0198. The normalized spacial score (nSPS) is 14.4. The fourth-order valence-electron chi connectivity index (χ4n) is 5.37. The highest BCUT2D eigenvalue weighted by atomic mass is 31.2. The summed E-state index contributed by atoms with van der Waals surface area (Å²) in [5, 5.41) is 0. The van der Waals surface area contributed by atoms with Crippen molar-refractivity contribution >= 4 is 19.8 Å². The van der Waals surface area contributed by atoms with Crippen molar-refractivity contribution in [2.45, 2.75) is 161 Å². The summed E-state index contributed by atoms with van der Waals surface area (Å²) in [4.78, 5) is 37.5. The number of rotatable bonds is 39. The molecule has 9 nitrogen and oxygen atoms in total. The van der Waals surface area contributed by atoms with Gasteiger partial charge in [-0.2, -0.15) is 0 Å². The number of quaternary nitrogens is 1. The molecular weight excluding hydrogens is 750 g/mol. The van der Waals surface area contributed by atoms with Crippen molar-refractivity contribution in [1.82, 2.24) is 0 Å². The summed E-state index contributed by atoms with van der Waals surface area (Å²) < 4.78 is 33.8. The number of unbranched alkanes of at least 4 members (excludes halogenated alkanes) is 11. The van der Waals surface area contributed by atoms with Gasteiger partial charge < -0.3 is 27.9 Å². The van der Waals surface area contributed by atoms with Crippen LogP contribution in [0.15, 0.2) is 85.1 Å². The van der Waals surface area contributed by atoms with Gasteiger partial charge in [0.05, 0.1) is 27.7 Å². The van der Waals surface area contributed by atoms with Crippen molar-refractivity contribution in [1.29, 1.82) is 0 Å². The monoisotopic (exact) mass is 832 g/mol. The maximum absolute atomic E-state index is 12.7. The van der Waals surface area contributed by atoms with E-state index < -0.39 is 32.5 Å². The number of nitrogens with zero attached hydrogens (tertiary/aromatic N) is 1. The van der Waals surface area contributed by atoms with Crippen LogP contribution in [0.1, 0.15) is 155 Å². The summed E-state index contributed by atoms with van der Waals surface area (Å²) in [5.74, 6) is -0.970. The Morgan fingerprint density at radius 1 is 0.534 bits per heavy atom. The minimum absolute atomic E-state index is 0.0528. The number of carbonyl (C=O) groups excluding carboxylic acids is 2. The van der Waals surface area contributed by atoms with Crippen molar-refractivity contribution in [2.24, 2.45) is 0 Å². The molecule has 332 valence electrons. The van der Waals surface area contributed by atoms with Gasteiger partial charge in [-0.3, -0.25) is 14.2 Å². The molecule has 0 radical (unpaired) electrons. The minimum atomic E-state index is -4.66. The Balaban J connectivity index is 4.55. The van der Waals surface area contributed by atoms with Crippen LogP contribution in [0.25, 0.3) is 0 Å². The second kappa shape index (κ2) is 39.6. The molecule has 0 heterocycles. The molecule has 0 rings (SSSR count). The number of hydrogen-bond acceptors (Lipinski definition) is 8. The molecule has 0 saturated heterocycles. The van der Waals surface area contributed by atoms with E-state index in [0.29, 0.717) is 30.3 Å². The molecule has 0 saturated carbocycles. The number of likely N-dealkylation sites (N-methyl/N-ethyl adjacent to an activating group) is 1. The van der Waals surface area contributed by atoms with E-state index in [4.69, 9.17) is 18.5 Å². The van der Waals surface area contributed by atoms with Crippen LogP contribution in [0, 0.1) is 0 Å². The predicted molar refractivity (Wildman–Crippen MR) is 240 cm³/mol. The maximum atomic E-state index is 12.7. The smallest absolute Gasteiger partial charge is 0.306 e. The van der Waals surface area contributed by atoms with Crippen molar-refractivity contribution < 1.29 is 42.1 Å². The van der Waals surface area contributed by atoms with Gasteiger partial charge >= 0.3 is 11.9 Å². The Morgan fingerprint density at radius 2 is 0.931 bits per heavy atom. The lowest BCUT2D eigenvalue weighted by Crippen LogP contribution is -2.37. The topological polar surface area (TPSA) is 111 Å². The van der Waals surface area contributed by atoms with E-state index in [1.54, 1.807) is 0 Å². The van der Waals surface area contributed by atoms with Gasteiger partial charge in [0.2, 0.25) is 0 Å². The molecular formula is C48H82NO8P. The average Bonchev–Trinajstić information content (AvgIpc) is 3.17. The minimum Gasteiger partial charge on any atom is -0.756 e. The third-order valence-electron chi connectivity index (χ3n) is 8.89. The molecule has 0 aromatic heterocycles. The Morgan fingerprint density at radius 3 is 1.41 bits per heavy atom. The number of allylic oxidation sites excluding steroid dienone is 14. The zero-order valence-electron chi connectivity index (χ0n) is 37.2. The molecule has 0 aromatic rings. The lowest BCUT2D eigenvalue weighted by atomic mass is 10.1. The molecule has 0 aromatic carbocycles. The Hall–Kier alpha value is -2.81. The van der Waals surface area contributed by atoms with Crippen molar-refractivity contribution in [3.63, 3.8) is 0 Å². The zero-order valence-corrected chi connectivity index (χ0v) is 38.1. The predicted octanol–water partition coefficient (Wildman–Crippen LogP) is 12.2. The third kappa shape index (κ3) is 42.8. The van der Waals surface area contributed by atoms with Gasteiger partial charge in [-0.25, -0.2) is 0 Å². The second-order valence-electron chi connectivity index (χ2n) is 15.7. The van der Waals surface area contributed by atoms with E-state index in [2.05, 4.69) is 86.8 Å². The molecule has 0 aliphatic rings. The molecule has 58 heavy (non-hydrogen) atoms. The van der Waals surface area contributed by atoms with Crippen LogP contribution < -0.4 is 4.89 Å². The average molecular weight is 832 g/mol. The Labute approximate surface area is 354 Å². The highest BCUT2D eigenvalue weighted by molar-refractivity contribution is 7.45. The fourth-order valence-corrected chi connectivity index (χ4v) is 6.10. The lowest BCUT2D eigenvalue weighted by molar-refractivity contribution is -0.870. The van der Waals surface area contributed by atoms with Crippen molar-refractivity contribution in [3.05, 3.63) is 85.1 Å². The summed E-state index contributed by atoms with van der Waals surface area (Å²) in [6.45, 7) is 4.05. The largest absolute Gasteiger partial charge is 0.756 e. The van der Waals surface area contributed by atoms with E-state index >= 15 is 0 Å². The molecule has 0 N–H and O–H groups in total. The van der Waals surface area contributed by atoms with E-state index in [1.807, 2.05) is 33.3 Å². The highest BCUT2D eigenvalue weighted by Crippen LogP contribution is 2.38. The Kier molecular flexibility index (Phi) is 37.7. The van der Waals surface area contributed by atoms with E-state index in [1.165, 1.54) is 64.2 Å². The summed E-state index contributed by atoms with van der Waals surface area (Å²) >= 11 is 0. The first-order chi connectivity index (χ1) is 28.0. The van der Waals surface area contributed by atoms with Crippen molar-refractivity contribution in [3.8, 4) is 0 Å². The van der Waals surface area contributed by atoms with Crippen LogP contribution in [-0.2, 0) is 32.7 Å². The lowest BCUT2D eigenvalue weighted by Gasteiger charge is -2.28. The molecule has 0 bridgehead atoms. The van der Waals surface area contributed by atoms with Gasteiger partial charge in [-0.15, -0.1) is 0 Å². The van der Waals surface area contributed by atoms with Gasteiger partial charge in [0, 0.05) is 12.8 Å². The highest BCUT2D eigenvalue weighted by Gasteiger charge is 2.21. The molecule has 0 amide bonds. The fraction of sp³-hybridized carbons (Fsp3) is 0.667. The molecule has 1 unspecified atom stereocenters. The molecule has 0 fully saturated rings. The first-order valence-corrected chi connectivity index (χ1v) is 23.8. The number of ether oxygens (including phenoxy) is 2. The molecule has 10 heteroatoms. The number of phosphoric ester groups is 1. The van der Waals surface area contributed by atoms with Gasteiger partial charge in [0.15, 0.2) is 6.10 Å². The van der Waals surface area contributed by atoms with E-state index in [9.17, 15) is 19.0 Å². The second-order valence-corrected chi connectivity index (χ2v) is 17.1. The van der Waals surface area contributed by atoms with Crippen LogP contribution in [0.2, 0.25) is 0 Å². The van der Waals surface area contributed by atoms with Crippen molar-refractivity contribution in [2.75, 3.05) is 47.5 Å². The van der Waals surface area contributed by atoms with Gasteiger partial charge in [-0.05, 0) is 83.5 Å². The van der Waals surface area contributed by atoms with Gasteiger partial charge in [-0.1, -0.05) is 144 Å². The summed E-state index contributed by atoms with van der Waals surface area (Å²) in [6.07, 6.45) is 50.6. The summed E-state index contributed by atoms with van der Waals surface area (Å²) in [6, 6.07) is 0. The number of hydrogen-bond donors (Lipinski definition) is 0. The molecule has 2 atom stereocenters. The van der Waals surface area contributed by atoms with Crippen LogP contribution in [0.4, 0.5) is 0 Å². The zero-order chi connectivity index (χ0) is 42.8. The first kappa shape index (κ1) is 55.2. The van der Waals surface area contributed by atoms with Gasteiger partial charge in [0.1, 0.15) is 19.8 Å². The molecule has 0 spiro atoms. The van der Waals surface area contributed by atoms with Crippen LogP contribution >= 0.6 is 7.82 Å². The van der Waals surface area contributed by atoms with Crippen LogP contribution in [-0.4, -0.2) is 70.0 Å². The number of esters is 2. The Bertz CT molecular complexity index is 1260. The summed E-state index contributed by atoms with van der Waals surface area (Å²) in [5.41, 5.74) is 0. The van der Waals surface area contributed by atoms with E-state index in [0.717, 1.165) is 44.9 Å². The number of phosphoric acid groups is 1. The van der Waals surface area contributed by atoms with Crippen LogP contribution in [0.3, 0.4) is 0 Å². The summed E-state index contributed by atoms with van der Waals surface area (Å²) in [7, 11) is 1.09. The van der Waals surface area contributed by atoms with Crippen LogP contribution in [0.5, 0.6) is 0 Å². The molecule has 0 aliphatic heterocycles. The third-order valence-corrected chi connectivity index (χ3v) is 9.85. The standard InChI is InChI=1S/C48H82NO8P/c1-6-8-10-12-14-16-18-20-22-24-26-28-30-32-34-36-38-40-47(50)54-44-46(45-56-58(52,53)55-43-42-49(3,4)5)57-48(51)41-39-37-35-33-31-29-27-25-23-21-19-17-15-13-11-9-7-2/h14,16,20-23,26-29,32-35,46H,6-13,15,17-19,24-25,30-31,36-45H2,1-5H3/b16-14+,22-20+,23-21+,28-26+,29-27+,34-32+,35-33+/t46-/m1/s1. The number of carbonyl (C=O) groups is 2. The van der Waals surface area contributed by atoms with Gasteiger partial charge in [0.25, 0.3) is 7.82 Å².